The van der Waals surface area contributed by atoms with Crippen LogP contribution >= 0.6 is 0 Å². The second-order valence-electron chi connectivity index (χ2n) is 12.0. The molecular weight excluding hydrogens is 504 g/mol. The van der Waals surface area contributed by atoms with E-state index in [2.05, 4.69) is 146 Å². The zero-order chi connectivity index (χ0) is 27.6. The number of hydrogen-bond donors (Lipinski definition) is 0. The van der Waals surface area contributed by atoms with Gasteiger partial charge in [-0.2, -0.15) is 0 Å². The molecule has 0 nitrogen and oxygen atoms in total. The number of allylic oxidation sites excluding steroid dienone is 3. The van der Waals surface area contributed by atoms with Gasteiger partial charge in [0.05, 0.1) is 0 Å². The maximum Gasteiger partial charge on any atom is -0.00264 e. The van der Waals surface area contributed by atoms with Gasteiger partial charge in [-0.05, 0) is 102 Å². The summed E-state index contributed by atoms with van der Waals surface area (Å²) < 4.78 is 0. The Kier molecular flexibility index (Phi) is 5.25. The van der Waals surface area contributed by atoms with Gasteiger partial charge in [0.15, 0.2) is 0 Å². The Hall–Kier alpha value is -4.94. The largest absolute Gasteiger partial charge is 0.0802 e. The van der Waals surface area contributed by atoms with E-state index in [1.165, 1.54) is 83.6 Å². The van der Waals surface area contributed by atoms with E-state index in [1.807, 2.05) is 0 Å². The van der Waals surface area contributed by atoms with Gasteiger partial charge in [-0.3, -0.25) is 0 Å². The molecular formula is C42H30. The monoisotopic (exact) mass is 534 g/mol. The summed E-state index contributed by atoms with van der Waals surface area (Å²) in [6.07, 6.45) is 16.3. The smallest absolute Gasteiger partial charge is 0.00264 e. The lowest BCUT2D eigenvalue weighted by molar-refractivity contribution is 0.996. The molecule has 0 heterocycles. The van der Waals surface area contributed by atoms with Crippen LogP contribution in [0.2, 0.25) is 0 Å². The molecule has 0 heteroatoms. The molecule has 42 heavy (non-hydrogen) atoms. The first kappa shape index (κ1) is 23.7. The number of fused-ring (bicyclic) bond motifs is 6. The van der Waals surface area contributed by atoms with Crippen LogP contribution in [0.25, 0.3) is 73.2 Å². The Morgan fingerprint density at radius 1 is 0.524 bits per heavy atom. The van der Waals surface area contributed by atoms with Crippen molar-refractivity contribution in [2.24, 2.45) is 5.92 Å². The van der Waals surface area contributed by atoms with Crippen molar-refractivity contribution in [3.8, 4) is 33.4 Å². The fourth-order valence-corrected chi connectivity index (χ4v) is 7.41. The average Bonchev–Trinajstić information content (AvgIpc) is 3.88. The third-order valence-electron chi connectivity index (χ3n) is 9.55. The minimum absolute atomic E-state index is 0.699. The first-order valence-electron chi connectivity index (χ1n) is 15.2. The number of hydrogen-bond acceptors (Lipinski definition) is 0. The molecule has 9 rings (SSSR count). The van der Waals surface area contributed by atoms with Crippen molar-refractivity contribution in [1.82, 2.24) is 0 Å². The molecule has 0 saturated heterocycles. The van der Waals surface area contributed by atoms with Crippen LogP contribution in [0, 0.1) is 5.92 Å². The fourth-order valence-electron chi connectivity index (χ4n) is 7.41. The SMILES string of the molecule is C1=Cc2c(c(-c3ccc4c(c3)C3CC3C=C4)c3ccccc3c2-c2ccc(-c3cccc4ccccc34)cc2)C=CC1. The van der Waals surface area contributed by atoms with Gasteiger partial charge in [0.1, 0.15) is 0 Å². The molecule has 3 aliphatic carbocycles. The summed E-state index contributed by atoms with van der Waals surface area (Å²) in [5.74, 6) is 1.44. The van der Waals surface area contributed by atoms with Crippen molar-refractivity contribution in [1.29, 1.82) is 0 Å². The van der Waals surface area contributed by atoms with Gasteiger partial charge < -0.3 is 0 Å². The average molecular weight is 535 g/mol. The molecule has 2 unspecified atom stereocenters. The second-order valence-corrected chi connectivity index (χ2v) is 12.0. The molecule has 0 radical (unpaired) electrons. The van der Waals surface area contributed by atoms with E-state index in [0.717, 1.165) is 12.3 Å². The molecule has 198 valence electrons. The second kappa shape index (κ2) is 9.29. The molecule has 1 saturated carbocycles. The van der Waals surface area contributed by atoms with Gasteiger partial charge in [0.2, 0.25) is 0 Å². The van der Waals surface area contributed by atoms with Gasteiger partial charge in [-0.15, -0.1) is 0 Å². The Morgan fingerprint density at radius 3 is 1.95 bits per heavy atom. The zero-order valence-corrected chi connectivity index (χ0v) is 23.4. The first-order chi connectivity index (χ1) is 20.8. The van der Waals surface area contributed by atoms with Crippen molar-refractivity contribution < 1.29 is 0 Å². The highest BCUT2D eigenvalue weighted by Crippen LogP contribution is 2.54. The summed E-state index contributed by atoms with van der Waals surface area (Å²) in [6, 6.07) is 40.7. The predicted molar refractivity (Wildman–Crippen MR) is 180 cm³/mol. The minimum atomic E-state index is 0.699. The van der Waals surface area contributed by atoms with Gasteiger partial charge in [-0.25, -0.2) is 0 Å². The van der Waals surface area contributed by atoms with Crippen LogP contribution in [0.3, 0.4) is 0 Å². The van der Waals surface area contributed by atoms with Gasteiger partial charge in [0.25, 0.3) is 0 Å². The van der Waals surface area contributed by atoms with Crippen molar-refractivity contribution in [2.45, 2.75) is 18.8 Å². The summed E-state index contributed by atoms with van der Waals surface area (Å²) in [4.78, 5) is 0. The molecule has 6 aromatic rings. The summed E-state index contributed by atoms with van der Waals surface area (Å²) in [7, 11) is 0. The third-order valence-corrected chi connectivity index (χ3v) is 9.55. The van der Waals surface area contributed by atoms with Crippen molar-refractivity contribution >= 4 is 39.8 Å². The molecule has 0 aliphatic heterocycles. The maximum atomic E-state index is 2.49. The normalized spacial score (nSPS) is 18.0. The first-order valence-corrected chi connectivity index (χ1v) is 15.2. The number of rotatable bonds is 3. The van der Waals surface area contributed by atoms with Crippen LogP contribution in [0.5, 0.6) is 0 Å². The molecule has 2 atom stereocenters. The highest BCUT2D eigenvalue weighted by atomic mass is 14.4. The summed E-state index contributed by atoms with van der Waals surface area (Å²) in [5, 5.41) is 5.20. The lowest BCUT2D eigenvalue weighted by atomic mass is 9.82. The maximum absolute atomic E-state index is 2.49. The van der Waals surface area contributed by atoms with Crippen LogP contribution in [0.4, 0.5) is 0 Å². The van der Waals surface area contributed by atoms with Gasteiger partial charge in [-0.1, -0.05) is 146 Å². The molecule has 0 amide bonds. The van der Waals surface area contributed by atoms with Crippen LogP contribution in [0.1, 0.15) is 41.0 Å². The lowest BCUT2D eigenvalue weighted by Crippen LogP contribution is -1.98. The standard InChI is InChI=1S/C42H30/c1-2-12-35-37(13-3-1)42(32-24-20-29-19-23-31-25-40(31)39(29)26-32)38-15-7-6-14-36(38)41(35)30-21-17-28(18-22-30)34-16-8-10-27-9-4-5-11-33(27)34/h2-24,26,31,40H,1,25H2. The van der Waals surface area contributed by atoms with Crippen LogP contribution in [-0.2, 0) is 0 Å². The Balaban J connectivity index is 1.26. The van der Waals surface area contributed by atoms with E-state index in [4.69, 9.17) is 0 Å². The molecule has 1 fully saturated rings. The quantitative estimate of drug-likeness (QED) is 0.212. The van der Waals surface area contributed by atoms with Gasteiger partial charge in [0, 0.05) is 0 Å². The van der Waals surface area contributed by atoms with E-state index in [-0.39, 0.29) is 0 Å². The molecule has 0 aromatic heterocycles. The lowest BCUT2D eigenvalue weighted by Gasteiger charge is -2.21. The van der Waals surface area contributed by atoms with Crippen molar-refractivity contribution in [3.05, 3.63) is 150 Å². The summed E-state index contributed by atoms with van der Waals surface area (Å²) >= 11 is 0. The van der Waals surface area contributed by atoms with E-state index >= 15 is 0 Å². The van der Waals surface area contributed by atoms with Crippen LogP contribution < -0.4 is 0 Å². The Morgan fingerprint density at radius 2 is 1.17 bits per heavy atom. The topological polar surface area (TPSA) is 0 Å². The van der Waals surface area contributed by atoms with Crippen LogP contribution in [-0.4, -0.2) is 0 Å². The molecule has 0 N–H and O–H groups in total. The van der Waals surface area contributed by atoms with E-state index in [1.54, 1.807) is 0 Å². The van der Waals surface area contributed by atoms with Crippen molar-refractivity contribution in [2.75, 3.05) is 0 Å². The highest BCUT2D eigenvalue weighted by Gasteiger charge is 2.39. The van der Waals surface area contributed by atoms with Crippen molar-refractivity contribution in [3.63, 3.8) is 0 Å². The molecule has 0 bridgehead atoms. The zero-order valence-electron chi connectivity index (χ0n) is 23.4. The molecule has 3 aliphatic rings. The molecule has 6 aromatic carbocycles. The third kappa shape index (κ3) is 3.68. The predicted octanol–water partition coefficient (Wildman–Crippen LogP) is 11.6. The summed E-state index contributed by atoms with van der Waals surface area (Å²) in [5.41, 5.74) is 13.4. The van der Waals surface area contributed by atoms with E-state index < -0.39 is 0 Å². The Labute approximate surface area is 247 Å². The minimum Gasteiger partial charge on any atom is -0.0802 e. The highest BCUT2D eigenvalue weighted by molar-refractivity contribution is 6.12. The molecule has 0 spiro atoms. The summed E-state index contributed by atoms with van der Waals surface area (Å²) in [6.45, 7) is 0. The Bertz CT molecular complexity index is 2130. The number of benzene rings is 6. The van der Waals surface area contributed by atoms with E-state index in [0.29, 0.717) is 5.92 Å². The van der Waals surface area contributed by atoms with E-state index in [9.17, 15) is 0 Å². The fraction of sp³-hybridized carbons (Fsp3) is 0.0952. The van der Waals surface area contributed by atoms with Gasteiger partial charge >= 0.3 is 0 Å². The van der Waals surface area contributed by atoms with Crippen LogP contribution in [0.15, 0.2) is 127 Å².